The van der Waals surface area contributed by atoms with E-state index in [0.29, 0.717) is 5.92 Å². The highest BCUT2D eigenvalue weighted by Gasteiger charge is 2.20. The minimum absolute atomic E-state index is 0.713. The van der Waals surface area contributed by atoms with Crippen molar-refractivity contribution in [2.24, 2.45) is 5.92 Å². The first-order chi connectivity index (χ1) is 11.6. The largest absolute Gasteiger partial charge is 0.347 e. The molecule has 0 amide bonds. The topological polar surface area (TPSA) is 45.2 Å². The molecule has 2 aromatic heterocycles. The van der Waals surface area contributed by atoms with E-state index in [1.54, 1.807) is 0 Å². The molecule has 5 heteroatoms. The number of hydrogen-bond donors (Lipinski definition) is 0. The summed E-state index contributed by atoms with van der Waals surface area (Å²) in [5, 5.41) is 0. The number of nitrogens with zero attached hydrogens (tertiary/aromatic N) is 5. The van der Waals surface area contributed by atoms with E-state index in [2.05, 4.69) is 32.0 Å². The highest BCUT2D eigenvalue weighted by molar-refractivity contribution is 5.26. The predicted octanol–water partition coefficient (Wildman–Crippen LogP) is 2.70. The number of piperidine rings is 1. The standard InChI is InChI=1S/C19H27N5/c1-15-6-7-16(10-20-15)9-17-5-4-8-24(13-17)14-18-11-21-19(22-12-18)23(2)3/h6-7,10-12,17H,4-5,8-9,13-14H2,1-3H3/t17-/m1/s1. The highest BCUT2D eigenvalue weighted by Crippen LogP contribution is 2.22. The second-order valence-corrected chi connectivity index (χ2v) is 7.04. The Kier molecular flexibility index (Phi) is 5.41. The van der Waals surface area contributed by atoms with Gasteiger partial charge in [-0.25, -0.2) is 9.97 Å². The van der Waals surface area contributed by atoms with Gasteiger partial charge in [0.2, 0.25) is 5.95 Å². The molecule has 3 rings (SSSR count). The maximum Gasteiger partial charge on any atom is 0.224 e. The summed E-state index contributed by atoms with van der Waals surface area (Å²) in [6.45, 7) is 5.29. The third kappa shape index (κ3) is 4.51. The molecule has 1 saturated heterocycles. The molecule has 128 valence electrons. The van der Waals surface area contributed by atoms with Crippen molar-refractivity contribution >= 4 is 5.95 Å². The molecule has 0 unspecified atom stereocenters. The molecule has 0 aliphatic carbocycles. The van der Waals surface area contributed by atoms with Crippen LogP contribution in [-0.2, 0) is 13.0 Å². The third-order valence-corrected chi connectivity index (χ3v) is 4.60. The van der Waals surface area contributed by atoms with Crippen LogP contribution in [-0.4, -0.2) is 47.0 Å². The van der Waals surface area contributed by atoms with Crippen LogP contribution in [0.15, 0.2) is 30.7 Å². The Morgan fingerprint density at radius 1 is 1.08 bits per heavy atom. The summed E-state index contributed by atoms with van der Waals surface area (Å²) in [6.07, 6.45) is 9.63. The lowest BCUT2D eigenvalue weighted by Gasteiger charge is -2.32. The number of anilines is 1. The molecule has 5 nitrogen and oxygen atoms in total. The van der Waals surface area contributed by atoms with E-state index in [-0.39, 0.29) is 0 Å². The quantitative estimate of drug-likeness (QED) is 0.846. The van der Waals surface area contributed by atoms with Gasteiger partial charge in [0.1, 0.15) is 0 Å². The second kappa shape index (κ2) is 7.71. The van der Waals surface area contributed by atoms with Crippen molar-refractivity contribution in [3.8, 4) is 0 Å². The summed E-state index contributed by atoms with van der Waals surface area (Å²) >= 11 is 0. The molecule has 3 heterocycles. The average Bonchev–Trinajstić information content (AvgIpc) is 2.58. The average molecular weight is 325 g/mol. The van der Waals surface area contributed by atoms with Crippen LogP contribution in [0.5, 0.6) is 0 Å². The Morgan fingerprint density at radius 3 is 2.50 bits per heavy atom. The Labute approximate surface area is 144 Å². The van der Waals surface area contributed by atoms with Gasteiger partial charge in [-0.15, -0.1) is 0 Å². The van der Waals surface area contributed by atoms with Crippen LogP contribution < -0.4 is 4.90 Å². The van der Waals surface area contributed by atoms with Crippen LogP contribution in [0.1, 0.15) is 29.7 Å². The summed E-state index contributed by atoms with van der Waals surface area (Å²) in [5.41, 5.74) is 3.63. The number of pyridine rings is 1. The van der Waals surface area contributed by atoms with Gasteiger partial charge < -0.3 is 4.90 Å². The van der Waals surface area contributed by atoms with Crippen molar-refractivity contribution in [1.29, 1.82) is 0 Å². The zero-order valence-electron chi connectivity index (χ0n) is 14.9. The van der Waals surface area contributed by atoms with Crippen molar-refractivity contribution in [2.45, 2.75) is 32.7 Å². The van der Waals surface area contributed by atoms with Gasteiger partial charge in [0, 0.05) is 57.0 Å². The molecule has 0 N–H and O–H groups in total. The van der Waals surface area contributed by atoms with E-state index in [4.69, 9.17) is 0 Å². The Balaban J connectivity index is 1.56. The minimum atomic E-state index is 0.713. The van der Waals surface area contributed by atoms with Crippen LogP contribution in [0, 0.1) is 12.8 Å². The molecule has 1 fully saturated rings. The fourth-order valence-corrected chi connectivity index (χ4v) is 3.33. The number of hydrogen-bond acceptors (Lipinski definition) is 5. The molecule has 2 aromatic rings. The minimum Gasteiger partial charge on any atom is -0.347 e. The van der Waals surface area contributed by atoms with Gasteiger partial charge >= 0.3 is 0 Å². The SMILES string of the molecule is Cc1ccc(C[C@H]2CCCN(Cc3cnc(N(C)C)nc3)C2)cn1. The van der Waals surface area contributed by atoms with Crippen LogP contribution in [0.4, 0.5) is 5.95 Å². The molecule has 0 bridgehead atoms. The van der Waals surface area contributed by atoms with E-state index < -0.39 is 0 Å². The Hall–Kier alpha value is -2.01. The molecular formula is C19H27N5. The van der Waals surface area contributed by atoms with Crippen LogP contribution in [0.25, 0.3) is 0 Å². The van der Waals surface area contributed by atoms with Crippen LogP contribution in [0.2, 0.25) is 0 Å². The molecule has 0 aromatic carbocycles. The van der Waals surface area contributed by atoms with Crippen molar-refractivity contribution in [3.63, 3.8) is 0 Å². The Bertz CT molecular complexity index is 636. The highest BCUT2D eigenvalue weighted by atomic mass is 15.2. The second-order valence-electron chi connectivity index (χ2n) is 7.04. The normalized spacial score (nSPS) is 18.5. The summed E-state index contributed by atoms with van der Waals surface area (Å²) in [5.74, 6) is 1.48. The molecular weight excluding hydrogens is 298 g/mol. The third-order valence-electron chi connectivity index (χ3n) is 4.60. The summed E-state index contributed by atoms with van der Waals surface area (Å²) in [7, 11) is 3.92. The van der Waals surface area contributed by atoms with E-state index >= 15 is 0 Å². The van der Waals surface area contributed by atoms with Gasteiger partial charge in [-0.05, 0) is 50.3 Å². The van der Waals surface area contributed by atoms with E-state index in [1.165, 1.54) is 24.0 Å². The predicted molar refractivity (Wildman–Crippen MR) is 97.0 cm³/mol. The van der Waals surface area contributed by atoms with Crippen molar-refractivity contribution in [1.82, 2.24) is 19.9 Å². The van der Waals surface area contributed by atoms with Crippen molar-refractivity contribution in [3.05, 3.63) is 47.5 Å². The van der Waals surface area contributed by atoms with Crippen molar-refractivity contribution < 1.29 is 0 Å². The zero-order chi connectivity index (χ0) is 16.9. The summed E-state index contributed by atoms with van der Waals surface area (Å²) in [6, 6.07) is 4.33. The molecule has 24 heavy (non-hydrogen) atoms. The van der Waals surface area contributed by atoms with Crippen LogP contribution >= 0.6 is 0 Å². The zero-order valence-corrected chi connectivity index (χ0v) is 14.9. The van der Waals surface area contributed by atoms with E-state index in [9.17, 15) is 0 Å². The Morgan fingerprint density at radius 2 is 1.83 bits per heavy atom. The van der Waals surface area contributed by atoms with Gasteiger partial charge in [0.05, 0.1) is 0 Å². The maximum atomic E-state index is 4.42. The lowest BCUT2D eigenvalue weighted by molar-refractivity contribution is 0.166. The first kappa shape index (κ1) is 16.8. The maximum absolute atomic E-state index is 4.42. The van der Waals surface area contributed by atoms with Gasteiger partial charge in [-0.2, -0.15) is 0 Å². The fraction of sp³-hybridized carbons (Fsp3) is 0.526. The first-order valence-corrected chi connectivity index (χ1v) is 8.72. The lowest BCUT2D eigenvalue weighted by Crippen LogP contribution is -2.35. The molecule has 0 saturated carbocycles. The number of likely N-dealkylation sites (tertiary alicyclic amines) is 1. The number of aryl methyl sites for hydroxylation is 1. The molecule has 0 radical (unpaired) electrons. The van der Waals surface area contributed by atoms with E-state index in [0.717, 1.165) is 37.7 Å². The van der Waals surface area contributed by atoms with Gasteiger partial charge in [-0.1, -0.05) is 6.07 Å². The summed E-state index contributed by atoms with van der Waals surface area (Å²) < 4.78 is 0. The van der Waals surface area contributed by atoms with E-state index in [1.807, 2.05) is 44.5 Å². The number of rotatable bonds is 5. The number of aromatic nitrogens is 3. The summed E-state index contributed by atoms with van der Waals surface area (Å²) in [4.78, 5) is 17.7. The van der Waals surface area contributed by atoms with Crippen LogP contribution in [0.3, 0.4) is 0 Å². The molecule has 1 atom stereocenters. The van der Waals surface area contributed by atoms with Crippen molar-refractivity contribution in [2.75, 3.05) is 32.1 Å². The smallest absolute Gasteiger partial charge is 0.224 e. The first-order valence-electron chi connectivity index (χ1n) is 8.72. The van der Waals surface area contributed by atoms with Gasteiger partial charge in [0.15, 0.2) is 0 Å². The van der Waals surface area contributed by atoms with Gasteiger partial charge in [-0.3, -0.25) is 9.88 Å². The lowest BCUT2D eigenvalue weighted by atomic mass is 9.91. The molecule has 0 spiro atoms. The fourth-order valence-electron chi connectivity index (χ4n) is 3.33. The van der Waals surface area contributed by atoms with Gasteiger partial charge in [0.25, 0.3) is 0 Å². The monoisotopic (exact) mass is 325 g/mol. The molecule has 1 aliphatic heterocycles. The molecule has 1 aliphatic rings.